The van der Waals surface area contributed by atoms with E-state index in [1.54, 1.807) is 13.8 Å². The van der Waals surface area contributed by atoms with E-state index in [1.807, 2.05) is 4.90 Å². The van der Waals surface area contributed by atoms with Crippen molar-refractivity contribution in [2.75, 3.05) is 31.1 Å². The van der Waals surface area contributed by atoms with Gasteiger partial charge in [0.25, 0.3) is 11.9 Å². The van der Waals surface area contributed by atoms with E-state index in [1.165, 1.54) is 4.90 Å². The number of nitrogens with zero attached hydrogens (tertiary/aromatic N) is 3. The number of aromatic nitrogens is 1. The minimum Gasteiger partial charge on any atom is -0.392 e. The van der Waals surface area contributed by atoms with Gasteiger partial charge in [0.05, 0.1) is 6.10 Å². The zero-order chi connectivity index (χ0) is 15.7. The fourth-order valence-corrected chi connectivity index (χ4v) is 2.63. The summed E-state index contributed by atoms with van der Waals surface area (Å²) in [5.74, 6) is -6.26. The zero-order valence-electron chi connectivity index (χ0n) is 11.8. The van der Waals surface area contributed by atoms with Gasteiger partial charge in [-0.15, -0.1) is 0 Å². The number of aliphatic hydroxyl groups excluding tert-OH is 1. The van der Waals surface area contributed by atoms with Crippen LogP contribution >= 0.6 is 0 Å². The lowest BCUT2D eigenvalue weighted by atomic mass is 10.1. The van der Waals surface area contributed by atoms with Crippen LogP contribution in [0.2, 0.25) is 0 Å². The Balaban J connectivity index is 2.25. The third-order valence-electron chi connectivity index (χ3n) is 3.50. The maximum atomic E-state index is 13.8. The number of anilines is 1. The number of halogens is 4. The second kappa shape index (κ2) is 6.15. The highest BCUT2D eigenvalue weighted by Gasteiger charge is 2.31. The molecule has 2 heterocycles. The maximum absolute atomic E-state index is 13.8. The smallest absolute Gasteiger partial charge is 0.253 e. The summed E-state index contributed by atoms with van der Waals surface area (Å²) in [5, 5.41) is 9.35. The molecule has 0 aromatic carbocycles. The van der Waals surface area contributed by atoms with Crippen LogP contribution in [0, 0.1) is 23.5 Å². The molecule has 2 atom stereocenters. The SMILES string of the molecule is CC(O)CN1CCN(c2c(F)c(F)nc(F)c2F)C(C)C1. The Bertz CT molecular complexity index is 500. The molecule has 0 radical (unpaired) electrons. The summed E-state index contributed by atoms with van der Waals surface area (Å²) >= 11 is 0. The molecule has 2 rings (SSSR count). The highest BCUT2D eigenvalue weighted by Crippen LogP contribution is 2.29. The number of β-amino-alcohol motifs (C(OH)–C–C–N with tert-alkyl or cyclic N) is 1. The standard InChI is InChI=1S/C13H17F4N3O/c1-7-5-19(6-8(2)21)3-4-20(7)11-9(14)12(16)18-13(17)10(11)15/h7-8,21H,3-6H2,1-2H3. The van der Waals surface area contributed by atoms with Gasteiger partial charge in [-0.1, -0.05) is 0 Å². The Labute approximate surface area is 120 Å². The monoisotopic (exact) mass is 307 g/mol. The lowest BCUT2D eigenvalue weighted by Crippen LogP contribution is -2.54. The molecule has 2 unspecified atom stereocenters. The third-order valence-corrected chi connectivity index (χ3v) is 3.50. The predicted octanol–water partition coefficient (Wildman–Crippen LogP) is 1.53. The van der Waals surface area contributed by atoms with Crippen molar-refractivity contribution in [2.24, 2.45) is 0 Å². The molecule has 1 aromatic heterocycles. The average molecular weight is 307 g/mol. The predicted molar refractivity (Wildman–Crippen MR) is 69.0 cm³/mol. The van der Waals surface area contributed by atoms with Gasteiger partial charge < -0.3 is 10.0 Å². The molecule has 0 amide bonds. The van der Waals surface area contributed by atoms with E-state index in [2.05, 4.69) is 4.98 Å². The first-order chi connectivity index (χ1) is 9.81. The molecule has 1 saturated heterocycles. The van der Waals surface area contributed by atoms with Crippen LogP contribution in [0.1, 0.15) is 13.8 Å². The van der Waals surface area contributed by atoms with E-state index in [4.69, 9.17) is 0 Å². The van der Waals surface area contributed by atoms with Crippen molar-refractivity contribution in [3.63, 3.8) is 0 Å². The zero-order valence-corrected chi connectivity index (χ0v) is 11.8. The Morgan fingerprint density at radius 2 is 1.76 bits per heavy atom. The van der Waals surface area contributed by atoms with Crippen LogP contribution in [0.4, 0.5) is 23.2 Å². The minimum atomic E-state index is -1.65. The van der Waals surface area contributed by atoms with Crippen LogP contribution in [0.15, 0.2) is 0 Å². The van der Waals surface area contributed by atoms with Gasteiger partial charge >= 0.3 is 0 Å². The van der Waals surface area contributed by atoms with Crippen molar-refractivity contribution in [1.82, 2.24) is 9.88 Å². The van der Waals surface area contributed by atoms with Gasteiger partial charge in [0.15, 0.2) is 0 Å². The second-order valence-corrected chi connectivity index (χ2v) is 5.32. The van der Waals surface area contributed by atoms with Gasteiger partial charge in [-0.2, -0.15) is 22.5 Å². The number of aliphatic hydroxyl groups is 1. The summed E-state index contributed by atoms with van der Waals surface area (Å²) in [7, 11) is 0. The van der Waals surface area contributed by atoms with Gasteiger partial charge in [0, 0.05) is 32.2 Å². The molecular formula is C13H17F4N3O. The van der Waals surface area contributed by atoms with Gasteiger partial charge in [-0.25, -0.2) is 0 Å². The quantitative estimate of drug-likeness (QED) is 0.679. The van der Waals surface area contributed by atoms with Crippen LogP contribution < -0.4 is 4.90 Å². The molecule has 0 aliphatic carbocycles. The third kappa shape index (κ3) is 3.26. The number of hydrogen-bond donors (Lipinski definition) is 1. The Morgan fingerprint density at radius 3 is 2.24 bits per heavy atom. The van der Waals surface area contributed by atoms with Gasteiger partial charge in [-0.05, 0) is 13.8 Å². The molecule has 4 nitrogen and oxygen atoms in total. The highest BCUT2D eigenvalue weighted by molar-refractivity contribution is 5.50. The molecule has 1 aliphatic heterocycles. The minimum absolute atomic E-state index is 0.199. The molecule has 0 bridgehead atoms. The van der Waals surface area contributed by atoms with Crippen molar-refractivity contribution in [1.29, 1.82) is 0 Å². The van der Waals surface area contributed by atoms with Crippen molar-refractivity contribution >= 4 is 5.69 Å². The van der Waals surface area contributed by atoms with Crippen LogP contribution in [0.25, 0.3) is 0 Å². The number of pyridine rings is 1. The first-order valence-corrected chi connectivity index (χ1v) is 6.68. The molecule has 0 saturated carbocycles. The summed E-state index contributed by atoms with van der Waals surface area (Å²) in [6.45, 7) is 4.83. The van der Waals surface area contributed by atoms with E-state index in [9.17, 15) is 22.7 Å². The summed E-state index contributed by atoms with van der Waals surface area (Å²) in [6, 6.07) is -0.359. The largest absolute Gasteiger partial charge is 0.392 e. The molecule has 21 heavy (non-hydrogen) atoms. The van der Waals surface area contributed by atoms with Crippen molar-refractivity contribution < 1.29 is 22.7 Å². The van der Waals surface area contributed by atoms with E-state index >= 15 is 0 Å². The molecule has 1 fully saturated rings. The summed E-state index contributed by atoms with van der Waals surface area (Å²) in [6.07, 6.45) is -0.520. The molecule has 1 aliphatic rings. The molecular weight excluding hydrogens is 290 g/mol. The fourth-order valence-electron chi connectivity index (χ4n) is 2.63. The average Bonchev–Trinajstić information content (AvgIpc) is 2.38. The van der Waals surface area contributed by atoms with Gasteiger partial charge in [-0.3, -0.25) is 4.90 Å². The maximum Gasteiger partial charge on any atom is 0.253 e. The first-order valence-electron chi connectivity index (χ1n) is 6.68. The van der Waals surface area contributed by atoms with E-state index < -0.39 is 35.3 Å². The molecule has 1 aromatic rings. The molecule has 8 heteroatoms. The van der Waals surface area contributed by atoms with Crippen LogP contribution in [0.3, 0.4) is 0 Å². The normalized spacial score (nSPS) is 21.7. The van der Waals surface area contributed by atoms with E-state index in [-0.39, 0.29) is 12.6 Å². The van der Waals surface area contributed by atoms with Gasteiger partial charge in [0.2, 0.25) is 11.6 Å². The lowest BCUT2D eigenvalue weighted by molar-refractivity contribution is 0.114. The number of hydrogen-bond acceptors (Lipinski definition) is 4. The lowest BCUT2D eigenvalue weighted by Gasteiger charge is -2.41. The Morgan fingerprint density at radius 1 is 1.19 bits per heavy atom. The van der Waals surface area contributed by atoms with Gasteiger partial charge in [0.1, 0.15) is 5.69 Å². The number of piperazine rings is 1. The Hall–Kier alpha value is -1.41. The van der Waals surface area contributed by atoms with Crippen molar-refractivity contribution in [3.8, 4) is 0 Å². The molecule has 118 valence electrons. The van der Waals surface area contributed by atoms with Crippen LogP contribution in [-0.2, 0) is 0 Å². The second-order valence-electron chi connectivity index (χ2n) is 5.32. The van der Waals surface area contributed by atoms with Crippen LogP contribution in [0.5, 0.6) is 0 Å². The van der Waals surface area contributed by atoms with Crippen molar-refractivity contribution in [3.05, 3.63) is 23.5 Å². The number of rotatable bonds is 3. The molecule has 0 spiro atoms. The topological polar surface area (TPSA) is 39.6 Å². The van der Waals surface area contributed by atoms with Crippen LogP contribution in [-0.4, -0.2) is 53.3 Å². The highest BCUT2D eigenvalue weighted by atomic mass is 19.2. The summed E-state index contributed by atoms with van der Waals surface area (Å²) < 4.78 is 53.9. The van der Waals surface area contributed by atoms with E-state index in [0.717, 1.165) is 0 Å². The molecule has 1 N–H and O–H groups in total. The van der Waals surface area contributed by atoms with E-state index in [0.29, 0.717) is 19.6 Å². The Kier molecular flexibility index (Phi) is 4.67. The summed E-state index contributed by atoms with van der Waals surface area (Å²) in [4.78, 5) is 5.77. The summed E-state index contributed by atoms with van der Waals surface area (Å²) in [5.41, 5.74) is -0.718. The van der Waals surface area contributed by atoms with Crippen molar-refractivity contribution in [2.45, 2.75) is 26.0 Å². The fraction of sp³-hybridized carbons (Fsp3) is 0.615. The first kappa shape index (κ1) is 16.0.